The Morgan fingerprint density at radius 1 is 1.18 bits per heavy atom. The van der Waals surface area contributed by atoms with Crippen LogP contribution in [-0.4, -0.2) is 43.1 Å². The van der Waals surface area contributed by atoms with Gasteiger partial charge in [-0.3, -0.25) is 4.79 Å². The Bertz CT molecular complexity index is 620. The fourth-order valence-corrected chi connectivity index (χ4v) is 3.25. The Labute approximate surface area is 164 Å². The summed E-state index contributed by atoms with van der Waals surface area (Å²) in [5, 5.41) is 5.78. The molecule has 0 atom stereocenters. The van der Waals surface area contributed by atoms with Gasteiger partial charge in [0.2, 0.25) is 5.91 Å². The van der Waals surface area contributed by atoms with Crippen molar-refractivity contribution >= 4 is 11.9 Å². The van der Waals surface area contributed by atoms with Crippen molar-refractivity contribution in [3.63, 3.8) is 0 Å². The van der Waals surface area contributed by atoms with Crippen LogP contribution in [0, 0.1) is 0 Å². The lowest BCUT2D eigenvalue weighted by molar-refractivity contribution is -0.130. The zero-order chi connectivity index (χ0) is 20.4. The Hall–Kier alpha value is -2.38. The van der Waals surface area contributed by atoms with Gasteiger partial charge in [0.1, 0.15) is 5.75 Å². The first-order valence-electron chi connectivity index (χ1n) is 9.76. The minimum Gasteiger partial charge on any atom is -0.435 e. The second kappa shape index (κ2) is 11.5. The van der Waals surface area contributed by atoms with Gasteiger partial charge >= 0.3 is 12.6 Å². The second-order valence-corrected chi connectivity index (χ2v) is 7.11. The number of halogens is 2. The van der Waals surface area contributed by atoms with E-state index in [-0.39, 0.29) is 23.7 Å². The summed E-state index contributed by atoms with van der Waals surface area (Å²) in [6.45, 7) is -2.03. The van der Waals surface area contributed by atoms with Crippen molar-refractivity contribution in [2.45, 2.75) is 64.1 Å². The van der Waals surface area contributed by atoms with Crippen molar-refractivity contribution in [1.29, 1.82) is 0 Å². The van der Waals surface area contributed by atoms with Gasteiger partial charge in [-0.05, 0) is 37.0 Å². The standard InChI is InChI=1S/C20H29F2N3O3/c1-25(14-15-9-11-17(12-10-15)28-19(21)22)18(26)8-5-13-23-20(27)24-16-6-3-2-4-7-16/h9-12,16,19H,2-8,13-14H2,1H3,(H2,23,24,27). The van der Waals surface area contributed by atoms with Crippen molar-refractivity contribution in [2.75, 3.05) is 13.6 Å². The highest BCUT2D eigenvalue weighted by atomic mass is 19.3. The molecule has 0 bridgehead atoms. The molecule has 0 saturated heterocycles. The molecule has 0 aromatic heterocycles. The number of carbonyl (C=O) groups is 2. The van der Waals surface area contributed by atoms with Gasteiger partial charge in [0.15, 0.2) is 0 Å². The third-order valence-corrected chi connectivity index (χ3v) is 4.79. The van der Waals surface area contributed by atoms with E-state index in [1.165, 1.54) is 18.6 Å². The van der Waals surface area contributed by atoms with E-state index in [1.807, 2.05) is 0 Å². The van der Waals surface area contributed by atoms with Crippen LogP contribution in [-0.2, 0) is 11.3 Å². The number of urea groups is 1. The molecule has 1 saturated carbocycles. The molecule has 0 radical (unpaired) electrons. The second-order valence-electron chi connectivity index (χ2n) is 7.11. The first-order valence-corrected chi connectivity index (χ1v) is 9.76. The number of rotatable bonds is 9. The first-order chi connectivity index (χ1) is 13.4. The van der Waals surface area contributed by atoms with Gasteiger partial charge < -0.3 is 20.3 Å². The summed E-state index contributed by atoms with van der Waals surface area (Å²) in [4.78, 5) is 25.6. The molecular formula is C20H29F2N3O3. The van der Waals surface area contributed by atoms with E-state index in [9.17, 15) is 18.4 Å². The number of hydrogen-bond donors (Lipinski definition) is 2. The van der Waals surface area contributed by atoms with Crippen LogP contribution >= 0.6 is 0 Å². The molecule has 6 nitrogen and oxygen atoms in total. The van der Waals surface area contributed by atoms with Crippen molar-refractivity contribution in [3.05, 3.63) is 29.8 Å². The quantitative estimate of drug-likeness (QED) is 0.625. The van der Waals surface area contributed by atoms with Gasteiger partial charge in [-0.2, -0.15) is 8.78 Å². The lowest BCUT2D eigenvalue weighted by Gasteiger charge is -2.23. The van der Waals surface area contributed by atoms with Gasteiger partial charge in [0.05, 0.1) is 0 Å². The lowest BCUT2D eigenvalue weighted by Crippen LogP contribution is -2.43. The largest absolute Gasteiger partial charge is 0.435 e. The number of alkyl halides is 2. The molecule has 1 aliphatic rings. The summed E-state index contributed by atoms with van der Waals surface area (Å²) in [6.07, 6.45) is 6.51. The molecule has 0 spiro atoms. The molecule has 1 aromatic carbocycles. The molecule has 1 aromatic rings. The summed E-state index contributed by atoms with van der Waals surface area (Å²) in [5.41, 5.74) is 0.822. The van der Waals surface area contributed by atoms with Crippen LogP contribution in [0.3, 0.4) is 0 Å². The van der Waals surface area contributed by atoms with Gasteiger partial charge in [0.25, 0.3) is 0 Å². The molecule has 0 unspecified atom stereocenters. The van der Waals surface area contributed by atoms with E-state index in [1.54, 1.807) is 24.1 Å². The summed E-state index contributed by atoms with van der Waals surface area (Å²) in [5.74, 6) is 0.0488. The highest BCUT2D eigenvalue weighted by Crippen LogP contribution is 2.17. The fourth-order valence-electron chi connectivity index (χ4n) is 3.25. The van der Waals surface area contributed by atoms with Crippen LogP contribution in [0.4, 0.5) is 13.6 Å². The Morgan fingerprint density at radius 3 is 2.50 bits per heavy atom. The molecule has 2 rings (SSSR count). The molecule has 0 aliphatic heterocycles. The third kappa shape index (κ3) is 8.10. The minimum absolute atomic E-state index is 0.0394. The Kier molecular flexibility index (Phi) is 8.97. The smallest absolute Gasteiger partial charge is 0.387 e. The number of carbonyl (C=O) groups excluding carboxylic acids is 2. The molecule has 3 amide bonds. The molecule has 28 heavy (non-hydrogen) atoms. The summed E-state index contributed by atoms with van der Waals surface area (Å²) < 4.78 is 28.6. The topological polar surface area (TPSA) is 70.7 Å². The zero-order valence-corrected chi connectivity index (χ0v) is 16.3. The van der Waals surface area contributed by atoms with Crippen LogP contribution in [0.15, 0.2) is 24.3 Å². The summed E-state index contributed by atoms with van der Waals surface area (Å²) in [7, 11) is 1.69. The lowest BCUT2D eigenvalue weighted by atomic mass is 9.96. The van der Waals surface area contributed by atoms with E-state index >= 15 is 0 Å². The van der Waals surface area contributed by atoms with Crippen molar-refractivity contribution in [3.8, 4) is 5.75 Å². The van der Waals surface area contributed by atoms with E-state index < -0.39 is 6.61 Å². The average Bonchev–Trinajstić information content (AvgIpc) is 2.67. The first kappa shape index (κ1) is 21.9. The fraction of sp³-hybridized carbons (Fsp3) is 0.600. The molecule has 0 heterocycles. The number of benzene rings is 1. The van der Waals surface area contributed by atoms with Crippen molar-refractivity contribution < 1.29 is 23.1 Å². The van der Waals surface area contributed by atoms with Crippen molar-refractivity contribution in [2.24, 2.45) is 0 Å². The SMILES string of the molecule is CN(Cc1ccc(OC(F)F)cc1)C(=O)CCCNC(=O)NC1CCCCC1. The Balaban J connectivity index is 1.61. The minimum atomic E-state index is -2.85. The van der Waals surface area contributed by atoms with E-state index in [0.29, 0.717) is 25.9 Å². The molecular weight excluding hydrogens is 368 g/mol. The van der Waals surface area contributed by atoms with Gasteiger partial charge in [-0.1, -0.05) is 31.4 Å². The van der Waals surface area contributed by atoms with Gasteiger partial charge in [0, 0.05) is 32.6 Å². The monoisotopic (exact) mass is 397 g/mol. The maximum Gasteiger partial charge on any atom is 0.387 e. The maximum atomic E-state index is 12.2. The molecule has 156 valence electrons. The highest BCUT2D eigenvalue weighted by Gasteiger charge is 2.15. The van der Waals surface area contributed by atoms with Gasteiger partial charge in [-0.15, -0.1) is 0 Å². The van der Waals surface area contributed by atoms with Crippen LogP contribution in [0.1, 0.15) is 50.5 Å². The number of amides is 3. The predicted octanol–water partition coefficient (Wildman–Crippen LogP) is 3.66. The zero-order valence-electron chi connectivity index (χ0n) is 16.3. The van der Waals surface area contributed by atoms with E-state index in [4.69, 9.17) is 0 Å². The number of ether oxygens (including phenoxy) is 1. The third-order valence-electron chi connectivity index (χ3n) is 4.79. The molecule has 2 N–H and O–H groups in total. The molecule has 8 heteroatoms. The summed E-state index contributed by atoms with van der Waals surface area (Å²) >= 11 is 0. The molecule has 1 fully saturated rings. The maximum absolute atomic E-state index is 12.2. The predicted molar refractivity (Wildman–Crippen MR) is 102 cm³/mol. The highest BCUT2D eigenvalue weighted by molar-refractivity contribution is 5.76. The average molecular weight is 397 g/mol. The number of hydrogen-bond acceptors (Lipinski definition) is 3. The van der Waals surface area contributed by atoms with Crippen LogP contribution in [0.25, 0.3) is 0 Å². The summed E-state index contributed by atoms with van der Waals surface area (Å²) in [6, 6.07) is 6.30. The van der Waals surface area contributed by atoms with Crippen LogP contribution in [0.2, 0.25) is 0 Å². The van der Waals surface area contributed by atoms with Crippen LogP contribution < -0.4 is 15.4 Å². The molecule has 1 aliphatic carbocycles. The van der Waals surface area contributed by atoms with E-state index in [2.05, 4.69) is 15.4 Å². The van der Waals surface area contributed by atoms with Crippen LogP contribution in [0.5, 0.6) is 5.75 Å². The van der Waals surface area contributed by atoms with E-state index in [0.717, 1.165) is 31.2 Å². The normalized spacial score (nSPS) is 14.6. The van der Waals surface area contributed by atoms with Crippen molar-refractivity contribution in [1.82, 2.24) is 15.5 Å². The van der Waals surface area contributed by atoms with Gasteiger partial charge in [-0.25, -0.2) is 4.79 Å². The number of nitrogens with one attached hydrogen (secondary N) is 2. The Morgan fingerprint density at radius 2 is 1.86 bits per heavy atom. The number of nitrogens with zero attached hydrogens (tertiary/aromatic N) is 1.